The summed E-state index contributed by atoms with van der Waals surface area (Å²) in [6, 6.07) is -0.631. The molecule has 2 amide bonds. The summed E-state index contributed by atoms with van der Waals surface area (Å²) < 4.78 is 4.89. The molecule has 0 radical (unpaired) electrons. The van der Waals surface area contributed by atoms with Crippen LogP contribution >= 0.6 is 11.8 Å². The third kappa shape index (κ3) is 4.61. The number of amides is 2. The lowest BCUT2D eigenvalue weighted by Crippen LogP contribution is -2.58. The van der Waals surface area contributed by atoms with Crippen LogP contribution in [0.1, 0.15) is 52.9 Å². The Hall–Kier alpha value is -1.80. The lowest BCUT2D eigenvalue weighted by atomic mass is 9.71. The van der Waals surface area contributed by atoms with E-state index in [2.05, 4.69) is 13.2 Å². The average molecular weight is 479 g/mol. The molecule has 3 rings (SSSR count). The Labute approximate surface area is 201 Å². The minimum absolute atomic E-state index is 0.00689. The zero-order valence-corrected chi connectivity index (χ0v) is 20.9. The molecular formula is C25H38N2O5S. The van der Waals surface area contributed by atoms with Crippen molar-refractivity contribution in [1.29, 1.82) is 0 Å². The first-order chi connectivity index (χ1) is 15.6. The SMILES string of the molecule is C=CCCOC(=O)[C@@H]1[C@@H]2CCC3(S2)C(C(=O)N(CC=C)C(C)(C)C)N(CCCCO)C(=O)[C@H]13. The predicted molar refractivity (Wildman–Crippen MR) is 130 cm³/mol. The summed E-state index contributed by atoms with van der Waals surface area (Å²) in [6.45, 7) is 14.5. The summed E-state index contributed by atoms with van der Waals surface area (Å²) in [6.07, 6.45) is 6.66. The van der Waals surface area contributed by atoms with Crippen LogP contribution < -0.4 is 0 Å². The van der Waals surface area contributed by atoms with Crippen LogP contribution in [0.5, 0.6) is 0 Å². The Morgan fingerprint density at radius 2 is 2.03 bits per heavy atom. The summed E-state index contributed by atoms with van der Waals surface area (Å²) in [5, 5.41) is 9.26. The molecule has 7 nitrogen and oxygen atoms in total. The molecule has 2 unspecified atom stereocenters. The molecule has 0 aromatic carbocycles. The maximum absolute atomic E-state index is 14.1. The molecule has 0 aromatic heterocycles. The molecule has 2 bridgehead atoms. The van der Waals surface area contributed by atoms with Crippen LogP contribution in [0, 0.1) is 11.8 Å². The fraction of sp³-hybridized carbons (Fsp3) is 0.720. The fourth-order valence-corrected chi connectivity index (χ4v) is 7.85. The number of ether oxygens (including phenoxy) is 1. The molecule has 184 valence electrons. The van der Waals surface area contributed by atoms with E-state index in [0.717, 1.165) is 12.8 Å². The number of aliphatic hydroxyl groups excluding tert-OH is 1. The summed E-state index contributed by atoms with van der Waals surface area (Å²) in [5.74, 6) is -1.63. The number of fused-ring (bicyclic) bond motifs is 1. The normalized spacial score (nSPS) is 30.3. The van der Waals surface area contributed by atoms with Gasteiger partial charge in [-0.3, -0.25) is 14.4 Å². The second-order valence-electron chi connectivity index (χ2n) is 10.2. The molecule has 3 fully saturated rings. The van der Waals surface area contributed by atoms with Crippen LogP contribution in [0.4, 0.5) is 0 Å². The van der Waals surface area contributed by atoms with Crippen LogP contribution in [0.2, 0.25) is 0 Å². The number of aliphatic hydroxyl groups is 1. The molecule has 5 atom stereocenters. The van der Waals surface area contributed by atoms with E-state index < -0.39 is 28.2 Å². The Kier molecular flexibility index (Phi) is 7.99. The topological polar surface area (TPSA) is 87.2 Å². The van der Waals surface area contributed by atoms with Gasteiger partial charge in [0.15, 0.2) is 0 Å². The van der Waals surface area contributed by atoms with Crippen molar-refractivity contribution < 1.29 is 24.2 Å². The molecule has 1 spiro atoms. The molecular weight excluding hydrogens is 440 g/mol. The van der Waals surface area contributed by atoms with Gasteiger partial charge in [-0.15, -0.1) is 24.9 Å². The minimum Gasteiger partial charge on any atom is -0.465 e. The van der Waals surface area contributed by atoms with Gasteiger partial charge in [-0.25, -0.2) is 0 Å². The highest BCUT2D eigenvalue weighted by molar-refractivity contribution is 8.02. The lowest BCUT2D eigenvalue weighted by molar-refractivity contribution is -0.154. The maximum atomic E-state index is 14.1. The molecule has 3 aliphatic heterocycles. The van der Waals surface area contributed by atoms with Crippen molar-refractivity contribution in [3.8, 4) is 0 Å². The third-order valence-corrected chi connectivity index (χ3v) is 9.02. The molecule has 0 aliphatic carbocycles. The van der Waals surface area contributed by atoms with Gasteiger partial charge in [0.1, 0.15) is 6.04 Å². The summed E-state index contributed by atoms with van der Waals surface area (Å²) in [4.78, 5) is 44.4. The molecule has 3 heterocycles. The van der Waals surface area contributed by atoms with E-state index in [0.29, 0.717) is 32.4 Å². The molecule has 33 heavy (non-hydrogen) atoms. The molecule has 0 saturated carbocycles. The first-order valence-corrected chi connectivity index (χ1v) is 12.8. The zero-order chi connectivity index (χ0) is 24.4. The van der Waals surface area contributed by atoms with Crippen LogP contribution in [-0.2, 0) is 19.1 Å². The van der Waals surface area contributed by atoms with Crippen molar-refractivity contribution in [3.63, 3.8) is 0 Å². The van der Waals surface area contributed by atoms with E-state index in [-0.39, 0.29) is 36.2 Å². The van der Waals surface area contributed by atoms with E-state index in [4.69, 9.17) is 4.74 Å². The standard InChI is InChI=1S/C25H38N2O5S/c1-6-8-16-32-23(31)18-17-11-12-25(33-17)19(18)21(29)26(14-9-10-15-28)20(25)22(30)27(13-7-2)24(3,4)5/h6-7,17-20,28H,1-2,8-16H2,3-5H3/t17-,18+,19-,20?,25?/m0/s1. The first kappa shape index (κ1) is 25.8. The maximum Gasteiger partial charge on any atom is 0.310 e. The van der Waals surface area contributed by atoms with Crippen molar-refractivity contribution in [3.05, 3.63) is 25.3 Å². The summed E-state index contributed by atoms with van der Waals surface area (Å²) in [7, 11) is 0. The van der Waals surface area contributed by atoms with E-state index in [1.165, 1.54) is 0 Å². The number of nitrogens with zero attached hydrogens (tertiary/aromatic N) is 2. The van der Waals surface area contributed by atoms with Gasteiger partial charge in [0, 0.05) is 30.5 Å². The van der Waals surface area contributed by atoms with Crippen molar-refractivity contribution in [2.24, 2.45) is 11.8 Å². The van der Waals surface area contributed by atoms with Gasteiger partial charge in [-0.2, -0.15) is 0 Å². The average Bonchev–Trinajstić information content (AvgIpc) is 3.39. The molecule has 8 heteroatoms. The van der Waals surface area contributed by atoms with Gasteiger partial charge < -0.3 is 19.6 Å². The van der Waals surface area contributed by atoms with Gasteiger partial charge in [-0.05, 0) is 52.9 Å². The number of unbranched alkanes of at least 4 members (excludes halogenated alkanes) is 1. The summed E-state index contributed by atoms with van der Waals surface area (Å²) in [5.41, 5.74) is -0.440. The Bertz CT molecular complexity index is 794. The van der Waals surface area contributed by atoms with Crippen molar-refractivity contribution in [2.45, 2.75) is 74.5 Å². The second kappa shape index (κ2) is 10.2. The fourth-order valence-electron chi connectivity index (χ4n) is 5.64. The van der Waals surface area contributed by atoms with Crippen LogP contribution in [0.15, 0.2) is 25.3 Å². The number of carbonyl (C=O) groups excluding carboxylic acids is 3. The van der Waals surface area contributed by atoms with Crippen LogP contribution in [0.25, 0.3) is 0 Å². The van der Waals surface area contributed by atoms with Gasteiger partial charge in [0.05, 0.1) is 23.2 Å². The van der Waals surface area contributed by atoms with Gasteiger partial charge in [0.25, 0.3) is 0 Å². The Balaban J connectivity index is 1.98. The quantitative estimate of drug-likeness (QED) is 0.279. The van der Waals surface area contributed by atoms with E-state index in [9.17, 15) is 19.5 Å². The lowest BCUT2D eigenvalue weighted by Gasteiger charge is -2.42. The number of rotatable bonds is 11. The number of esters is 1. The van der Waals surface area contributed by atoms with E-state index in [1.807, 2.05) is 20.8 Å². The zero-order valence-electron chi connectivity index (χ0n) is 20.1. The largest absolute Gasteiger partial charge is 0.465 e. The molecule has 3 aliphatic rings. The van der Waals surface area contributed by atoms with E-state index >= 15 is 0 Å². The smallest absolute Gasteiger partial charge is 0.310 e. The number of hydrogen-bond donors (Lipinski definition) is 1. The Morgan fingerprint density at radius 3 is 2.64 bits per heavy atom. The third-order valence-electron chi connectivity index (χ3n) is 7.07. The number of hydrogen-bond acceptors (Lipinski definition) is 6. The highest BCUT2D eigenvalue weighted by Gasteiger charge is 2.74. The predicted octanol–water partition coefficient (Wildman–Crippen LogP) is 2.78. The van der Waals surface area contributed by atoms with Crippen molar-refractivity contribution in [1.82, 2.24) is 9.80 Å². The highest BCUT2D eigenvalue weighted by atomic mass is 32.2. The van der Waals surface area contributed by atoms with Gasteiger partial charge >= 0.3 is 5.97 Å². The van der Waals surface area contributed by atoms with Crippen molar-refractivity contribution in [2.75, 3.05) is 26.3 Å². The number of carbonyl (C=O) groups is 3. The molecule has 1 N–H and O–H groups in total. The monoisotopic (exact) mass is 478 g/mol. The van der Waals surface area contributed by atoms with Crippen molar-refractivity contribution >= 4 is 29.5 Å². The first-order valence-electron chi connectivity index (χ1n) is 11.9. The van der Waals surface area contributed by atoms with Gasteiger partial charge in [-0.1, -0.05) is 12.2 Å². The number of likely N-dealkylation sites (tertiary alicyclic amines) is 1. The van der Waals surface area contributed by atoms with E-state index in [1.54, 1.807) is 33.7 Å². The van der Waals surface area contributed by atoms with Gasteiger partial charge in [0.2, 0.25) is 11.8 Å². The molecule has 0 aromatic rings. The Morgan fingerprint density at radius 1 is 1.30 bits per heavy atom. The summed E-state index contributed by atoms with van der Waals surface area (Å²) >= 11 is 1.65. The minimum atomic E-state index is -0.631. The highest BCUT2D eigenvalue weighted by Crippen LogP contribution is 2.66. The van der Waals surface area contributed by atoms with Crippen LogP contribution in [-0.4, -0.2) is 80.6 Å². The molecule has 3 saturated heterocycles. The second-order valence-corrected chi connectivity index (χ2v) is 11.8. The number of thioether (sulfide) groups is 1. The van der Waals surface area contributed by atoms with Crippen LogP contribution in [0.3, 0.4) is 0 Å².